The molecule has 1 unspecified atom stereocenters. The van der Waals surface area contributed by atoms with E-state index in [4.69, 9.17) is 4.74 Å². The summed E-state index contributed by atoms with van der Waals surface area (Å²) >= 11 is 0. The molecule has 1 aromatic rings. The number of rotatable bonds is 9. The number of carbonyl (C=O) groups is 2. The fourth-order valence-electron chi connectivity index (χ4n) is 2.03. The third kappa shape index (κ3) is 8.98. The van der Waals surface area contributed by atoms with Crippen LogP contribution in [0.5, 0.6) is 0 Å². The lowest BCUT2D eigenvalue weighted by Gasteiger charge is -2.21. The van der Waals surface area contributed by atoms with E-state index >= 15 is 0 Å². The highest BCUT2D eigenvalue weighted by molar-refractivity contribution is 5.83. The molecule has 0 fully saturated rings. The van der Waals surface area contributed by atoms with Crippen LogP contribution in [0.2, 0.25) is 0 Å². The van der Waals surface area contributed by atoms with E-state index in [1.54, 1.807) is 0 Å². The number of carbonyl (C=O) groups excluding carboxylic acids is 1. The Kier molecular flexibility index (Phi) is 7.75. The molecule has 5 nitrogen and oxygen atoms in total. The van der Waals surface area contributed by atoms with Gasteiger partial charge in [-0.25, -0.2) is 4.79 Å². The van der Waals surface area contributed by atoms with Crippen LogP contribution in [0.15, 0.2) is 30.3 Å². The third-order valence-corrected chi connectivity index (χ3v) is 3.40. The molecule has 0 aliphatic carbocycles. The van der Waals surface area contributed by atoms with Gasteiger partial charge in [0.15, 0.2) is 0 Å². The monoisotopic (exact) mass is 321 g/mol. The second-order valence-corrected chi connectivity index (χ2v) is 6.85. The third-order valence-electron chi connectivity index (χ3n) is 3.40. The van der Waals surface area contributed by atoms with Crippen molar-refractivity contribution in [3.63, 3.8) is 0 Å². The van der Waals surface area contributed by atoms with Crippen molar-refractivity contribution in [2.45, 2.75) is 52.7 Å². The normalized spacial score (nSPS) is 12.7. The molecule has 0 spiro atoms. The van der Waals surface area contributed by atoms with E-state index in [2.05, 4.69) is 5.32 Å². The molecule has 0 saturated carbocycles. The molecule has 0 radical (unpaired) electrons. The molecule has 0 heterocycles. The molecule has 2 N–H and O–H groups in total. The van der Waals surface area contributed by atoms with Crippen molar-refractivity contribution in [1.82, 2.24) is 5.32 Å². The van der Waals surface area contributed by atoms with Gasteiger partial charge in [-0.15, -0.1) is 0 Å². The molecular weight excluding hydrogens is 294 g/mol. The first-order chi connectivity index (χ1) is 10.8. The van der Waals surface area contributed by atoms with E-state index in [0.717, 1.165) is 12.0 Å². The minimum Gasteiger partial charge on any atom is -0.480 e. The smallest absolute Gasteiger partial charge is 0.326 e. The average molecular weight is 321 g/mol. The number of hydrogen-bond acceptors (Lipinski definition) is 3. The van der Waals surface area contributed by atoms with Gasteiger partial charge in [0, 0.05) is 6.42 Å². The second-order valence-electron chi connectivity index (χ2n) is 6.85. The minimum absolute atomic E-state index is 0.0389. The van der Waals surface area contributed by atoms with Crippen LogP contribution >= 0.6 is 0 Å². The Bertz CT molecular complexity index is 493. The summed E-state index contributed by atoms with van der Waals surface area (Å²) in [6.07, 6.45) is 1.32. The molecule has 1 amide bonds. The van der Waals surface area contributed by atoms with Crippen LogP contribution in [-0.4, -0.2) is 29.6 Å². The predicted octanol–water partition coefficient (Wildman–Crippen LogP) is 2.99. The van der Waals surface area contributed by atoms with Crippen LogP contribution in [0.3, 0.4) is 0 Å². The van der Waals surface area contributed by atoms with Crippen molar-refractivity contribution in [2.24, 2.45) is 5.41 Å². The zero-order valence-corrected chi connectivity index (χ0v) is 14.2. The fourth-order valence-corrected chi connectivity index (χ4v) is 2.03. The Morgan fingerprint density at radius 1 is 1.22 bits per heavy atom. The van der Waals surface area contributed by atoms with E-state index in [-0.39, 0.29) is 24.3 Å². The Morgan fingerprint density at radius 3 is 2.43 bits per heavy atom. The highest BCUT2D eigenvalue weighted by Crippen LogP contribution is 2.21. The lowest BCUT2D eigenvalue weighted by Crippen LogP contribution is -2.41. The van der Waals surface area contributed by atoms with Crippen LogP contribution in [0.25, 0.3) is 0 Å². The molecule has 1 rings (SSSR count). The summed E-state index contributed by atoms with van der Waals surface area (Å²) < 4.78 is 5.44. The molecule has 0 aromatic heterocycles. The number of hydrogen-bond donors (Lipinski definition) is 2. The maximum absolute atomic E-state index is 11.8. The summed E-state index contributed by atoms with van der Waals surface area (Å²) in [5.41, 5.74) is 1.08. The average Bonchev–Trinajstić information content (AvgIpc) is 2.48. The second kappa shape index (κ2) is 9.30. The van der Waals surface area contributed by atoms with Crippen LogP contribution in [0, 0.1) is 5.41 Å². The summed E-state index contributed by atoms with van der Waals surface area (Å²) in [5.74, 6) is -1.29. The number of aliphatic carboxylic acids is 1. The summed E-state index contributed by atoms with van der Waals surface area (Å²) in [5, 5.41) is 11.8. The molecule has 23 heavy (non-hydrogen) atoms. The van der Waals surface area contributed by atoms with Gasteiger partial charge in [0.25, 0.3) is 0 Å². The van der Waals surface area contributed by atoms with Gasteiger partial charge in [-0.3, -0.25) is 4.79 Å². The van der Waals surface area contributed by atoms with E-state index in [1.165, 1.54) is 0 Å². The van der Waals surface area contributed by atoms with Gasteiger partial charge in [0.2, 0.25) is 5.91 Å². The first-order valence-electron chi connectivity index (χ1n) is 7.92. The maximum Gasteiger partial charge on any atom is 0.326 e. The van der Waals surface area contributed by atoms with Crippen molar-refractivity contribution in [2.75, 3.05) is 6.61 Å². The molecule has 0 bridgehead atoms. The zero-order valence-electron chi connectivity index (χ0n) is 14.2. The topological polar surface area (TPSA) is 75.6 Å². The first kappa shape index (κ1) is 19.2. The largest absolute Gasteiger partial charge is 0.480 e. The Hall–Kier alpha value is -1.88. The Labute approximate surface area is 138 Å². The molecule has 1 atom stereocenters. The van der Waals surface area contributed by atoms with E-state index in [1.807, 2.05) is 51.1 Å². The lowest BCUT2D eigenvalue weighted by atomic mass is 9.88. The number of nitrogens with one attached hydrogen (secondary N) is 1. The lowest BCUT2D eigenvalue weighted by molar-refractivity contribution is -0.142. The quantitative estimate of drug-likeness (QED) is 0.686. The van der Waals surface area contributed by atoms with E-state index in [9.17, 15) is 14.7 Å². The van der Waals surface area contributed by atoms with Crippen molar-refractivity contribution in [3.05, 3.63) is 35.9 Å². The van der Waals surface area contributed by atoms with Crippen LogP contribution in [-0.2, 0) is 20.9 Å². The zero-order chi connectivity index (χ0) is 17.3. The maximum atomic E-state index is 11.8. The number of amides is 1. The molecule has 0 aliphatic rings. The van der Waals surface area contributed by atoms with Crippen molar-refractivity contribution < 1.29 is 19.4 Å². The molecule has 1 aromatic carbocycles. The van der Waals surface area contributed by atoms with Gasteiger partial charge < -0.3 is 15.2 Å². The van der Waals surface area contributed by atoms with Gasteiger partial charge in [0.1, 0.15) is 6.04 Å². The van der Waals surface area contributed by atoms with Gasteiger partial charge >= 0.3 is 5.97 Å². The SMILES string of the molecule is CC(C)(C)CCC(NC(=O)CCOCc1ccccc1)C(=O)O. The summed E-state index contributed by atoms with van der Waals surface area (Å²) in [4.78, 5) is 23.1. The highest BCUT2D eigenvalue weighted by Gasteiger charge is 2.22. The number of ether oxygens (including phenoxy) is 1. The van der Waals surface area contributed by atoms with E-state index < -0.39 is 12.0 Å². The Morgan fingerprint density at radius 2 is 1.87 bits per heavy atom. The number of carboxylic acids is 1. The predicted molar refractivity (Wildman–Crippen MR) is 89.0 cm³/mol. The minimum atomic E-state index is -0.993. The van der Waals surface area contributed by atoms with Crippen molar-refractivity contribution >= 4 is 11.9 Å². The number of carboxylic acid groups (broad SMARTS) is 1. The van der Waals surface area contributed by atoms with Gasteiger partial charge in [0.05, 0.1) is 13.2 Å². The molecular formula is C18H27NO4. The Balaban J connectivity index is 2.28. The fraction of sp³-hybridized carbons (Fsp3) is 0.556. The van der Waals surface area contributed by atoms with Crippen LogP contribution in [0.4, 0.5) is 0 Å². The van der Waals surface area contributed by atoms with E-state index in [0.29, 0.717) is 13.0 Å². The highest BCUT2D eigenvalue weighted by atomic mass is 16.5. The summed E-state index contributed by atoms with van der Waals surface area (Å²) in [6.45, 7) is 6.86. The van der Waals surface area contributed by atoms with Crippen molar-refractivity contribution in [3.8, 4) is 0 Å². The van der Waals surface area contributed by atoms with Gasteiger partial charge in [-0.2, -0.15) is 0 Å². The van der Waals surface area contributed by atoms with Gasteiger partial charge in [-0.05, 0) is 23.8 Å². The van der Waals surface area contributed by atoms with Crippen molar-refractivity contribution in [1.29, 1.82) is 0 Å². The first-order valence-corrected chi connectivity index (χ1v) is 7.92. The molecule has 128 valence electrons. The standard InChI is InChI=1S/C18H27NO4/c1-18(2,3)11-9-15(17(21)22)19-16(20)10-12-23-13-14-7-5-4-6-8-14/h4-8,15H,9-13H2,1-3H3,(H,19,20)(H,21,22). The van der Waals surface area contributed by atoms with Gasteiger partial charge in [-0.1, -0.05) is 51.1 Å². The molecule has 0 aliphatic heterocycles. The van der Waals surface area contributed by atoms with Crippen LogP contribution in [0.1, 0.15) is 45.6 Å². The number of benzene rings is 1. The summed E-state index contributed by atoms with van der Waals surface area (Å²) in [6, 6.07) is 8.85. The summed E-state index contributed by atoms with van der Waals surface area (Å²) in [7, 11) is 0. The molecule has 5 heteroatoms. The molecule has 0 saturated heterocycles. The van der Waals surface area contributed by atoms with Crippen LogP contribution < -0.4 is 5.32 Å².